The maximum Gasteiger partial charge on any atom is 0.430 e. The average molecular weight is 676 g/mol. The second-order valence-electron chi connectivity index (χ2n) is 10.5. The summed E-state index contributed by atoms with van der Waals surface area (Å²) in [6.07, 6.45) is -9.82. The van der Waals surface area contributed by atoms with Crippen molar-refractivity contribution in [2.24, 2.45) is 0 Å². The molecular formula is C30H22F9N3O3S. The predicted octanol–water partition coefficient (Wildman–Crippen LogP) is 6.96. The van der Waals surface area contributed by atoms with Crippen LogP contribution in [0.1, 0.15) is 39.9 Å². The molecule has 2 N–H and O–H groups in total. The highest BCUT2D eigenvalue weighted by molar-refractivity contribution is 7.86. The molecule has 1 unspecified atom stereocenters. The van der Waals surface area contributed by atoms with Crippen LogP contribution in [0.3, 0.4) is 0 Å². The van der Waals surface area contributed by atoms with Gasteiger partial charge < -0.3 is 10.1 Å². The van der Waals surface area contributed by atoms with Crippen LogP contribution in [-0.2, 0) is 32.5 Å². The lowest BCUT2D eigenvalue weighted by molar-refractivity contribution is -0.392. The van der Waals surface area contributed by atoms with E-state index in [1.807, 2.05) is 0 Å². The van der Waals surface area contributed by atoms with Crippen LogP contribution in [0.5, 0.6) is 0 Å². The molecule has 1 heterocycles. The van der Waals surface area contributed by atoms with Crippen molar-refractivity contribution in [2.75, 3.05) is 0 Å². The van der Waals surface area contributed by atoms with Gasteiger partial charge in [-0.05, 0) is 54.8 Å². The topological polar surface area (TPSA) is 84.1 Å². The first-order valence-electron chi connectivity index (χ1n) is 13.4. The Morgan fingerprint density at radius 2 is 1.50 bits per heavy atom. The van der Waals surface area contributed by atoms with E-state index in [0.717, 1.165) is 30.3 Å². The summed E-state index contributed by atoms with van der Waals surface area (Å²) in [6, 6.07) is 8.96. The van der Waals surface area contributed by atoms with E-state index in [9.17, 15) is 48.5 Å². The number of rotatable bonds is 9. The molecule has 1 saturated carbocycles. The number of aromatic amines is 1. The molecule has 0 radical (unpaired) electrons. The molecule has 16 heteroatoms. The van der Waals surface area contributed by atoms with Crippen molar-refractivity contribution in [2.45, 2.75) is 53.1 Å². The molecular weight excluding hydrogens is 653 g/mol. The fourth-order valence-corrected chi connectivity index (χ4v) is 7.24. The number of hydrogen-bond acceptors (Lipinski definition) is 4. The summed E-state index contributed by atoms with van der Waals surface area (Å²) >= 11 is 0. The van der Waals surface area contributed by atoms with Crippen molar-refractivity contribution in [3.8, 4) is 0 Å². The van der Waals surface area contributed by atoms with Gasteiger partial charge in [0.05, 0.1) is 33.9 Å². The number of halogens is 9. The molecule has 1 fully saturated rings. The van der Waals surface area contributed by atoms with Crippen LogP contribution in [0.15, 0.2) is 84.0 Å². The monoisotopic (exact) mass is 675 g/mol. The van der Waals surface area contributed by atoms with Crippen LogP contribution in [0, 0.1) is 17.5 Å². The normalized spacial score (nSPS) is 19.4. The van der Waals surface area contributed by atoms with Crippen molar-refractivity contribution in [3.63, 3.8) is 0 Å². The van der Waals surface area contributed by atoms with Crippen LogP contribution in [-0.4, -0.2) is 38.7 Å². The Bertz CT molecular complexity index is 1690. The number of H-pyrrole nitrogens is 1. The molecule has 1 aliphatic carbocycles. The van der Waals surface area contributed by atoms with Crippen LogP contribution < -0.4 is 5.32 Å². The minimum atomic E-state index is -6.15. The second-order valence-corrected chi connectivity index (χ2v) is 12.3. The van der Waals surface area contributed by atoms with Crippen molar-refractivity contribution < 1.29 is 53.3 Å². The predicted molar refractivity (Wildman–Crippen MR) is 145 cm³/mol. The van der Waals surface area contributed by atoms with Crippen LogP contribution in [0.25, 0.3) is 0 Å². The van der Waals surface area contributed by atoms with Crippen molar-refractivity contribution in [1.29, 1.82) is 0 Å². The number of nitrogens with one attached hydrogen (secondary N) is 2. The molecule has 0 bridgehead atoms. The van der Waals surface area contributed by atoms with Crippen molar-refractivity contribution in [3.05, 3.63) is 119 Å². The highest BCUT2D eigenvalue weighted by Gasteiger charge is 2.73. The van der Waals surface area contributed by atoms with E-state index < -0.39 is 80.6 Å². The zero-order valence-electron chi connectivity index (χ0n) is 23.2. The molecule has 1 atom stereocenters. The number of hydrogen-bond donors (Lipinski definition) is 2. The Morgan fingerprint density at radius 1 is 0.913 bits per heavy atom. The fraction of sp³-hybridized carbons (Fsp3) is 0.267. The lowest BCUT2D eigenvalue weighted by Gasteiger charge is -2.47. The third-order valence-corrected chi connectivity index (χ3v) is 9.72. The summed E-state index contributed by atoms with van der Waals surface area (Å²) in [7, 11) is -2.02. The number of amides is 1. The van der Waals surface area contributed by atoms with Gasteiger partial charge in [0.25, 0.3) is 11.5 Å². The fourth-order valence-electron chi connectivity index (χ4n) is 5.35. The van der Waals surface area contributed by atoms with Crippen LogP contribution in [0.2, 0.25) is 0 Å². The van der Waals surface area contributed by atoms with E-state index in [-0.39, 0.29) is 28.9 Å². The van der Waals surface area contributed by atoms with Gasteiger partial charge in [-0.15, -0.1) is 0 Å². The Hall–Kier alpha value is -4.18. The molecule has 4 aromatic rings. The largest absolute Gasteiger partial charge is 0.430 e. The van der Waals surface area contributed by atoms with Gasteiger partial charge in [-0.25, -0.2) is 13.2 Å². The molecule has 46 heavy (non-hydrogen) atoms. The van der Waals surface area contributed by atoms with E-state index >= 15 is 0 Å². The molecule has 0 aliphatic heterocycles. The Kier molecular flexibility index (Phi) is 8.81. The molecule has 0 saturated heterocycles. The van der Waals surface area contributed by atoms with Crippen molar-refractivity contribution >= 4 is 16.7 Å². The minimum Gasteiger partial charge on any atom is -0.349 e. The molecule has 5 rings (SSSR count). The van der Waals surface area contributed by atoms with Crippen LogP contribution in [0.4, 0.5) is 39.5 Å². The third kappa shape index (κ3) is 5.90. The van der Waals surface area contributed by atoms with E-state index in [2.05, 4.69) is 20.3 Å². The maximum absolute atomic E-state index is 14.4. The zero-order chi connectivity index (χ0) is 33.5. The van der Waals surface area contributed by atoms with Gasteiger partial charge in [-0.1, -0.05) is 30.3 Å². The number of benzene rings is 3. The minimum absolute atomic E-state index is 0.0489. The van der Waals surface area contributed by atoms with Gasteiger partial charge in [0.2, 0.25) is 0 Å². The number of carbonyl (C=O) groups excluding carboxylic acids is 1. The van der Waals surface area contributed by atoms with E-state index in [1.54, 1.807) is 0 Å². The first-order chi connectivity index (χ1) is 21.6. The standard InChI is InChI=1S/C30H22F9N3O3S/c31-20-8-10-22(11-9-20)46(44)27(12-21(13-27)42-26(43)17-14-40-41-15-17)18-4-6-19(7-5-18)28(29(34,35)36,30(37,38)39)45-16-23-24(32)2-1-3-25(23)33/h1-11,14-15,21H,12-13,16H2,(H,40,41)(H,42,43). The highest BCUT2D eigenvalue weighted by atomic mass is 32.2. The highest BCUT2D eigenvalue weighted by Crippen LogP contribution is 2.55. The Morgan fingerprint density at radius 3 is 2.02 bits per heavy atom. The average Bonchev–Trinajstić information content (AvgIpc) is 3.51. The summed E-state index contributed by atoms with van der Waals surface area (Å²) in [5.74, 6) is -3.97. The lowest BCUT2D eigenvalue weighted by atomic mass is 9.74. The molecule has 3 aromatic carbocycles. The summed E-state index contributed by atoms with van der Waals surface area (Å²) in [5, 5.41) is 8.85. The van der Waals surface area contributed by atoms with Gasteiger partial charge in [-0.3, -0.25) is 14.1 Å². The zero-order valence-corrected chi connectivity index (χ0v) is 24.0. The molecule has 1 aromatic heterocycles. The summed E-state index contributed by atoms with van der Waals surface area (Å²) in [4.78, 5) is 12.6. The van der Waals surface area contributed by atoms with Crippen molar-refractivity contribution in [1.82, 2.24) is 15.5 Å². The SMILES string of the molecule is O=C(NC1CC(c2ccc(C(OCc3c(F)cccc3F)(C(F)(F)F)C(F)(F)F)cc2)(S(=O)c2ccc(F)cc2)C1)c1cn[nH]c1. The summed E-state index contributed by atoms with van der Waals surface area (Å²) in [6.45, 7) is -1.71. The molecule has 1 amide bonds. The number of ether oxygens (including phenoxy) is 1. The van der Waals surface area contributed by atoms with Crippen LogP contribution >= 0.6 is 0 Å². The molecule has 0 spiro atoms. The van der Waals surface area contributed by atoms with E-state index in [0.29, 0.717) is 24.3 Å². The molecule has 244 valence electrons. The third-order valence-electron chi connectivity index (χ3n) is 7.74. The summed E-state index contributed by atoms with van der Waals surface area (Å²) < 4.78 is 145. The van der Waals surface area contributed by atoms with Gasteiger partial charge >= 0.3 is 12.4 Å². The van der Waals surface area contributed by atoms with E-state index in [1.165, 1.54) is 24.5 Å². The maximum atomic E-state index is 14.4. The molecule has 6 nitrogen and oxygen atoms in total. The van der Waals surface area contributed by atoms with Gasteiger partial charge in [0.1, 0.15) is 17.5 Å². The lowest BCUT2D eigenvalue weighted by Crippen LogP contribution is -2.56. The Labute approximate surface area is 257 Å². The van der Waals surface area contributed by atoms with E-state index in [4.69, 9.17) is 0 Å². The number of nitrogens with zero attached hydrogens (tertiary/aromatic N) is 1. The second kappa shape index (κ2) is 12.2. The van der Waals surface area contributed by atoms with Gasteiger partial charge in [-0.2, -0.15) is 31.4 Å². The number of alkyl halides is 6. The quantitative estimate of drug-likeness (QED) is 0.188. The van der Waals surface area contributed by atoms with Gasteiger partial charge in [0.15, 0.2) is 0 Å². The summed E-state index contributed by atoms with van der Waals surface area (Å²) in [5.41, 5.74) is -7.33. The number of carbonyl (C=O) groups is 1. The van der Waals surface area contributed by atoms with Gasteiger partial charge in [0, 0.05) is 28.3 Å². The Balaban J connectivity index is 1.52. The molecule has 1 aliphatic rings. The first-order valence-corrected chi connectivity index (χ1v) is 14.5. The first kappa shape index (κ1) is 33.2. The smallest absolute Gasteiger partial charge is 0.349 e. The number of aromatic nitrogens is 2.